The van der Waals surface area contributed by atoms with E-state index >= 15 is 0 Å². The van der Waals surface area contributed by atoms with Crippen molar-refractivity contribution in [2.45, 2.75) is 38.0 Å². The zero-order chi connectivity index (χ0) is 25.4. The van der Waals surface area contributed by atoms with E-state index in [4.69, 9.17) is 14.2 Å². The van der Waals surface area contributed by atoms with Gasteiger partial charge in [-0.3, -0.25) is 9.29 Å². The maximum atomic E-state index is 13.4. The zero-order valence-corrected chi connectivity index (χ0v) is 21.8. The third-order valence-corrected chi connectivity index (χ3v) is 6.75. The van der Waals surface area contributed by atoms with Crippen molar-refractivity contribution in [3.63, 3.8) is 0 Å². The highest BCUT2D eigenvalue weighted by Crippen LogP contribution is 2.35. The number of anilines is 1. The van der Waals surface area contributed by atoms with Crippen molar-refractivity contribution in [2.75, 3.05) is 39.6 Å². The van der Waals surface area contributed by atoms with Crippen LogP contribution in [-0.2, 0) is 22.1 Å². The van der Waals surface area contributed by atoms with Crippen LogP contribution in [0.2, 0.25) is 0 Å². The summed E-state index contributed by atoms with van der Waals surface area (Å²) in [6, 6.07) is 5.49. The van der Waals surface area contributed by atoms with Gasteiger partial charge in [-0.05, 0) is 51.6 Å². The summed E-state index contributed by atoms with van der Waals surface area (Å²) in [5, 5.41) is 11.3. The van der Waals surface area contributed by atoms with Gasteiger partial charge in [0.2, 0.25) is 5.95 Å². The lowest BCUT2D eigenvalue weighted by molar-refractivity contribution is 0.0961. The molecule has 0 aliphatic heterocycles. The Hall–Kier alpha value is -3.09. The minimum absolute atomic E-state index is 0.303. The standard InChI is InChI=1S/C23H33N7O4S/c1-15-13-25-22(26-14-15)21(34-6)16(2)35(31)29-23-28-27-19(11-8-12-24-3)30(23)20-17(32-4)9-7-10-18(20)33-5/h7,9-10,13-14,16,21,24H,8,11-12H2,1-6H3,(H,28,29). The number of aromatic nitrogens is 5. The molecule has 0 spiro atoms. The van der Waals surface area contributed by atoms with E-state index < -0.39 is 22.3 Å². The second-order valence-electron chi connectivity index (χ2n) is 7.87. The quantitative estimate of drug-likeness (QED) is 0.338. The van der Waals surface area contributed by atoms with Crippen molar-refractivity contribution in [3.8, 4) is 17.2 Å². The van der Waals surface area contributed by atoms with E-state index in [1.807, 2.05) is 32.2 Å². The molecule has 11 nitrogen and oxygen atoms in total. The van der Waals surface area contributed by atoms with Gasteiger partial charge in [0.15, 0.2) is 5.82 Å². The number of para-hydroxylation sites is 1. The van der Waals surface area contributed by atoms with Crippen LogP contribution in [0.5, 0.6) is 11.5 Å². The van der Waals surface area contributed by atoms with Crippen molar-refractivity contribution in [3.05, 3.63) is 47.8 Å². The van der Waals surface area contributed by atoms with Crippen LogP contribution in [0.3, 0.4) is 0 Å². The molecule has 0 radical (unpaired) electrons. The smallest absolute Gasteiger partial charge is 0.241 e. The van der Waals surface area contributed by atoms with Gasteiger partial charge in [0.05, 0.1) is 19.5 Å². The molecule has 3 unspecified atom stereocenters. The van der Waals surface area contributed by atoms with Gasteiger partial charge in [-0.1, -0.05) is 6.07 Å². The number of nitrogens with one attached hydrogen (secondary N) is 2. The second-order valence-corrected chi connectivity index (χ2v) is 9.42. The van der Waals surface area contributed by atoms with Gasteiger partial charge in [0.25, 0.3) is 0 Å². The molecule has 0 saturated heterocycles. The number of aryl methyl sites for hydroxylation is 2. The van der Waals surface area contributed by atoms with Crippen molar-refractivity contribution >= 4 is 16.9 Å². The third-order valence-electron chi connectivity index (χ3n) is 5.45. The van der Waals surface area contributed by atoms with Gasteiger partial charge >= 0.3 is 0 Å². The van der Waals surface area contributed by atoms with Crippen molar-refractivity contribution in [2.24, 2.45) is 0 Å². The van der Waals surface area contributed by atoms with E-state index in [0.29, 0.717) is 41.2 Å². The Bertz CT molecular complexity index is 1100. The highest BCUT2D eigenvalue weighted by Gasteiger charge is 2.29. The largest absolute Gasteiger partial charge is 0.494 e. The maximum absolute atomic E-state index is 13.4. The molecule has 3 atom stereocenters. The van der Waals surface area contributed by atoms with Gasteiger partial charge in [-0.2, -0.15) is 0 Å². The molecular weight excluding hydrogens is 470 g/mol. The van der Waals surface area contributed by atoms with Gasteiger partial charge in [0, 0.05) is 25.9 Å². The second kappa shape index (κ2) is 12.6. The Balaban J connectivity index is 1.98. The van der Waals surface area contributed by atoms with Gasteiger partial charge in [-0.25, -0.2) is 14.2 Å². The average molecular weight is 504 g/mol. The summed E-state index contributed by atoms with van der Waals surface area (Å²) in [6.07, 6.45) is 4.30. The summed E-state index contributed by atoms with van der Waals surface area (Å²) >= 11 is 0. The van der Waals surface area contributed by atoms with Crippen LogP contribution in [0.4, 0.5) is 5.95 Å². The molecule has 0 aliphatic carbocycles. The number of ether oxygens (including phenoxy) is 3. The third kappa shape index (κ3) is 6.13. The predicted octanol–water partition coefficient (Wildman–Crippen LogP) is 2.39. The van der Waals surface area contributed by atoms with Crippen LogP contribution >= 0.6 is 0 Å². The first-order valence-electron chi connectivity index (χ1n) is 11.2. The summed E-state index contributed by atoms with van der Waals surface area (Å²) in [4.78, 5) is 8.69. The highest BCUT2D eigenvalue weighted by molar-refractivity contribution is 7.87. The first-order valence-corrected chi connectivity index (χ1v) is 12.4. The van der Waals surface area contributed by atoms with Gasteiger partial charge in [-0.15, -0.1) is 10.2 Å². The molecule has 1 aromatic carbocycles. The van der Waals surface area contributed by atoms with E-state index in [2.05, 4.69) is 30.2 Å². The minimum Gasteiger partial charge on any atom is -0.494 e. The van der Waals surface area contributed by atoms with E-state index in [1.165, 1.54) is 0 Å². The van der Waals surface area contributed by atoms with Gasteiger partial charge < -0.3 is 19.5 Å². The molecule has 0 amide bonds. The number of benzene rings is 1. The average Bonchev–Trinajstić information content (AvgIpc) is 3.26. The Labute approximate surface area is 208 Å². The summed E-state index contributed by atoms with van der Waals surface area (Å²) in [7, 11) is 4.99. The van der Waals surface area contributed by atoms with Crippen LogP contribution in [-0.4, -0.2) is 69.1 Å². The van der Waals surface area contributed by atoms with Crippen LogP contribution in [0.15, 0.2) is 30.6 Å². The van der Waals surface area contributed by atoms with Crippen LogP contribution in [0.1, 0.15) is 36.7 Å². The monoisotopic (exact) mass is 503 g/mol. The van der Waals surface area contributed by atoms with E-state index in [-0.39, 0.29) is 0 Å². The molecule has 2 heterocycles. The maximum Gasteiger partial charge on any atom is 0.241 e. The molecule has 12 heteroatoms. The normalized spacial score (nSPS) is 13.8. The Morgan fingerprint density at radius 1 is 1.09 bits per heavy atom. The predicted molar refractivity (Wildman–Crippen MR) is 134 cm³/mol. The number of hydrogen-bond acceptors (Lipinski definition) is 9. The van der Waals surface area contributed by atoms with Gasteiger partial charge in [0.1, 0.15) is 40.1 Å². The fraction of sp³-hybridized carbons (Fsp3) is 0.478. The topological polar surface area (TPSA) is 125 Å². The summed E-state index contributed by atoms with van der Waals surface area (Å²) < 4.78 is 35.1. The minimum atomic E-state index is -1.62. The molecular formula is C23H33N7O4S. The van der Waals surface area contributed by atoms with Crippen molar-refractivity contribution in [1.29, 1.82) is 0 Å². The Morgan fingerprint density at radius 2 is 1.74 bits per heavy atom. The molecule has 3 rings (SSSR count). The molecule has 0 saturated carbocycles. The number of methoxy groups -OCH3 is 3. The van der Waals surface area contributed by atoms with Crippen LogP contribution in [0, 0.1) is 6.92 Å². The number of rotatable bonds is 13. The fourth-order valence-corrected chi connectivity index (χ4v) is 4.56. The Morgan fingerprint density at radius 3 is 2.31 bits per heavy atom. The van der Waals surface area contributed by atoms with Crippen LogP contribution in [0.25, 0.3) is 5.69 Å². The summed E-state index contributed by atoms with van der Waals surface area (Å²) in [5.41, 5.74) is 1.56. The lowest BCUT2D eigenvalue weighted by Gasteiger charge is -2.22. The fourth-order valence-electron chi connectivity index (χ4n) is 3.61. The molecule has 190 valence electrons. The van der Waals surface area contributed by atoms with E-state index in [9.17, 15) is 4.21 Å². The number of nitrogens with zero attached hydrogens (tertiary/aromatic N) is 5. The lowest BCUT2D eigenvalue weighted by Crippen LogP contribution is -2.29. The summed E-state index contributed by atoms with van der Waals surface area (Å²) in [5.74, 6) is 2.59. The van der Waals surface area contributed by atoms with E-state index in [0.717, 1.165) is 18.5 Å². The molecule has 3 aromatic rings. The molecule has 35 heavy (non-hydrogen) atoms. The van der Waals surface area contributed by atoms with Crippen molar-refractivity contribution in [1.82, 2.24) is 30.0 Å². The highest BCUT2D eigenvalue weighted by atomic mass is 32.2. The zero-order valence-electron chi connectivity index (χ0n) is 20.9. The summed E-state index contributed by atoms with van der Waals surface area (Å²) in [6.45, 7) is 4.52. The van der Waals surface area contributed by atoms with Crippen molar-refractivity contribution < 1.29 is 18.4 Å². The molecule has 0 bridgehead atoms. The van der Waals surface area contributed by atoms with E-state index in [1.54, 1.807) is 45.2 Å². The Kier molecular flexibility index (Phi) is 9.52. The first-order chi connectivity index (χ1) is 16.9. The molecule has 2 N–H and O–H groups in total. The lowest BCUT2D eigenvalue weighted by atomic mass is 10.2. The molecule has 0 aliphatic rings. The SMILES string of the molecule is CNCCCc1nnc(NS(=O)C(C)C(OC)c2ncc(C)cn2)n1-c1c(OC)cccc1OC. The molecule has 2 aromatic heterocycles. The number of hydrogen-bond donors (Lipinski definition) is 2. The first kappa shape index (κ1) is 26.5. The van der Waals surface area contributed by atoms with Crippen LogP contribution < -0.4 is 19.5 Å². The molecule has 0 fully saturated rings.